The molecule has 5 aromatic rings. The van der Waals surface area contributed by atoms with Crippen LogP contribution in [-0.4, -0.2) is 46.5 Å². The minimum absolute atomic E-state index is 0.168. The van der Waals surface area contributed by atoms with E-state index in [9.17, 15) is 4.79 Å². The number of thioether (sulfide) groups is 1. The average Bonchev–Trinajstić information content (AvgIpc) is 3.48. The quantitative estimate of drug-likeness (QED) is 0.324. The third-order valence-corrected chi connectivity index (χ3v) is 6.29. The van der Waals surface area contributed by atoms with Gasteiger partial charge in [0.2, 0.25) is 5.78 Å². The number of nitrogens with zero attached hydrogens (tertiary/aromatic N) is 8. The summed E-state index contributed by atoms with van der Waals surface area (Å²) in [7, 11) is 1.60. The number of fused-ring (bicyclic) bond motifs is 3. The van der Waals surface area contributed by atoms with Crippen molar-refractivity contribution in [3.8, 4) is 11.4 Å². The van der Waals surface area contributed by atoms with Crippen LogP contribution < -0.4 is 10.3 Å². The van der Waals surface area contributed by atoms with Crippen LogP contribution in [0.4, 0.5) is 0 Å². The predicted molar refractivity (Wildman–Crippen MR) is 125 cm³/mol. The van der Waals surface area contributed by atoms with Crippen molar-refractivity contribution in [2.24, 2.45) is 0 Å². The summed E-state index contributed by atoms with van der Waals surface area (Å²) in [5.41, 5.74) is 1.23. The monoisotopic (exact) mass is 462 g/mol. The van der Waals surface area contributed by atoms with Gasteiger partial charge in [-0.2, -0.15) is 0 Å². The molecule has 3 aromatic heterocycles. The largest absolute Gasteiger partial charge is 0.497 e. The van der Waals surface area contributed by atoms with Crippen LogP contribution in [0.15, 0.2) is 58.5 Å². The van der Waals surface area contributed by atoms with E-state index in [1.54, 1.807) is 17.7 Å². The lowest BCUT2D eigenvalue weighted by Crippen LogP contribution is -2.21. The normalized spacial score (nSPS) is 11.5. The van der Waals surface area contributed by atoms with Gasteiger partial charge in [0.05, 0.1) is 29.5 Å². The minimum Gasteiger partial charge on any atom is -0.497 e. The number of hydrogen-bond acceptors (Lipinski definition) is 8. The predicted octanol–water partition coefficient (Wildman–Crippen LogP) is 3.12. The topological polar surface area (TPSA) is 105 Å². The zero-order valence-corrected chi connectivity index (χ0v) is 19.1. The summed E-state index contributed by atoms with van der Waals surface area (Å²) in [5.74, 6) is 2.39. The van der Waals surface area contributed by atoms with Crippen LogP contribution in [0.1, 0.15) is 25.6 Å². The Morgan fingerprint density at radius 1 is 1.06 bits per heavy atom. The van der Waals surface area contributed by atoms with E-state index < -0.39 is 0 Å². The number of benzene rings is 2. The molecule has 0 saturated heterocycles. The Morgan fingerprint density at radius 2 is 1.94 bits per heavy atom. The van der Waals surface area contributed by atoms with Gasteiger partial charge in [-0.05, 0) is 41.1 Å². The van der Waals surface area contributed by atoms with Crippen molar-refractivity contribution in [2.45, 2.75) is 37.2 Å². The molecule has 0 aliphatic carbocycles. The van der Waals surface area contributed by atoms with Crippen molar-refractivity contribution < 1.29 is 4.74 Å². The molecule has 0 aliphatic rings. The van der Waals surface area contributed by atoms with Crippen molar-refractivity contribution in [2.75, 3.05) is 7.11 Å². The molecule has 3 heterocycles. The molecule has 11 heteroatoms. The standard InChI is InChI=1S/C22H22N8O2S/c1-3-4-12-28-19(23-26-27-28)14-33-22-25-24-21-29(15-8-7-9-16(13-15)32-2)20(31)17-10-5-6-11-18(17)30(21)22/h5-11,13H,3-4,12,14H2,1-2H3. The highest BCUT2D eigenvalue weighted by Crippen LogP contribution is 2.26. The number of aryl methyl sites for hydroxylation is 1. The lowest BCUT2D eigenvalue weighted by atomic mass is 10.2. The Bertz CT molecular complexity index is 1490. The summed E-state index contributed by atoms with van der Waals surface area (Å²) in [4.78, 5) is 13.4. The average molecular weight is 463 g/mol. The van der Waals surface area contributed by atoms with Gasteiger partial charge >= 0.3 is 0 Å². The first-order valence-corrected chi connectivity index (χ1v) is 11.6. The number of hydrogen-bond donors (Lipinski definition) is 0. The van der Waals surface area contributed by atoms with Crippen molar-refractivity contribution >= 4 is 28.4 Å². The van der Waals surface area contributed by atoms with E-state index in [4.69, 9.17) is 4.74 Å². The van der Waals surface area contributed by atoms with E-state index in [1.807, 2.05) is 51.5 Å². The zero-order chi connectivity index (χ0) is 22.8. The Hall–Kier alpha value is -3.73. The second-order valence-corrected chi connectivity index (χ2v) is 8.38. The summed E-state index contributed by atoms with van der Waals surface area (Å²) < 4.78 is 10.6. The summed E-state index contributed by atoms with van der Waals surface area (Å²) in [6.45, 7) is 2.91. The smallest absolute Gasteiger partial charge is 0.267 e. The second kappa shape index (κ2) is 9.02. The van der Waals surface area contributed by atoms with E-state index in [1.165, 1.54) is 11.8 Å². The van der Waals surface area contributed by atoms with E-state index in [-0.39, 0.29) is 5.56 Å². The lowest BCUT2D eigenvalue weighted by Gasteiger charge is -2.12. The molecular weight excluding hydrogens is 440 g/mol. The summed E-state index contributed by atoms with van der Waals surface area (Å²) >= 11 is 1.48. The maximum absolute atomic E-state index is 13.4. The third kappa shape index (κ3) is 3.84. The summed E-state index contributed by atoms with van der Waals surface area (Å²) in [5, 5.41) is 22.1. The Morgan fingerprint density at radius 3 is 2.79 bits per heavy atom. The summed E-state index contributed by atoms with van der Waals surface area (Å²) in [6.07, 6.45) is 2.07. The Kier molecular flexibility index (Phi) is 5.78. The second-order valence-electron chi connectivity index (χ2n) is 7.44. The van der Waals surface area contributed by atoms with Gasteiger partial charge in [0.25, 0.3) is 5.56 Å². The van der Waals surface area contributed by atoms with Crippen LogP contribution in [0.2, 0.25) is 0 Å². The first kappa shape index (κ1) is 21.1. The highest BCUT2D eigenvalue weighted by Gasteiger charge is 2.19. The van der Waals surface area contributed by atoms with Gasteiger partial charge in [-0.1, -0.05) is 43.3 Å². The van der Waals surface area contributed by atoms with Gasteiger partial charge in [-0.25, -0.2) is 9.25 Å². The van der Waals surface area contributed by atoms with E-state index in [0.29, 0.717) is 33.5 Å². The van der Waals surface area contributed by atoms with Gasteiger partial charge in [-0.3, -0.25) is 9.20 Å². The summed E-state index contributed by atoms with van der Waals surface area (Å²) in [6, 6.07) is 14.8. The van der Waals surface area contributed by atoms with Gasteiger partial charge in [0, 0.05) is 12.6 Å². The SMILES string of the molecule is CCCCn1nnnc1CSc1nnc2n(-c3cccc(OC)c3)c(=O)c3ccccc3n12. The number of methoxy groups -OCH3 is 1. The van der Waals surface area contributed by atoms with Crippen LogP contribution in [0.5, 0.6) is 5.75 Å². The van der Waals surface area contributed by atoms with Crippen LogP contribution in [0.3, 0.4) is 0 Å². The molecule has 0 atom stereocenters. The Balaban J connectivity index is 1.63. The van der Waals surface area contributed by atoms with Gasteiger partial charge in [0.1, 0.15) is 5.75 Å². The molecule has 0 radical (unpaired) electrons. The maximum atomic E-state index is 13.4. The highest BCUT2D eigenvalue weighted by molar-refractivity contribution is 7.98. The number of ether oxygens (including phenoxy) is 1. The molecule has 0 fully saturated rings. The molecule has 10 nitrogen and oxygen atoms in total. The first-order chi connectivity index (χ1) is 16.2. The molecule has 33 heavy (non-hydrogen) atoms. The molecule has 0 saturated carbocycles. The number of aromatic nitrogens is 8. The molecule has 0 bridgehead atoms. The van der Waals surface area contributed by atoms with Crippen molar-refractivity contribution in [3.05, 3.63) is 64.7 Å². The zero-order valence-electron chi connectivity index (χ0n) is 18.2. The first-order valence-electron chi connectivity index (χ1n) is 10.6. The number of tetrazole rings is 1. The van der Waals surface area contributed by atoms with E-state index in [0.717, 1.165) is 30.7 Å². The number of para-hydroxylation sites is 1. The van der Waals surface area contributed by atoms with Gasteiger partial charge < -0.3 is 4.74 Å². The Labute approximate surface area is 193 Å². The molecule has 0 aliphatic heterocycles. The fraction of sp³-hybridized carbons (Fsp3) is 0.273. The molecule has 168 valence electrons. The maximum Gasteiger partial charge on any atom is 0.267 e. The van der Waals surface area contributed by atoms with Crippen LogP contribution in [0, 0.1) is 0 Å². The van der Waals surface area contributed by atoms with Crippen molar-refractivity contribution in [3.63, 3.8) is 0 Å². The molecular formula is C22H22N8O2S. The van der Waals surface area contributed by atoms with Crippen molar-refractivity contribution in [1.29, 1.82) is 0 Å². The molecule has 0 amide bonds. The molecule has 0 spiro atoms. The molecule has 2 aromatic carbocycles. The van der Waals surface area contributed by atoms with Crippen LogP contribution in [-0.2, 0) is 12.3 Å². The van der Waals surface area contributed by atoms with Crippen LogP contribution >= 0.6 is 11.8 Å². The molecule has 0 N–H and O–H groups in total. The van der Waals surface area contributed by atoms with Crippen molar-refractivity contribution in [1.82, 2.24) is 39.4 Å². The lowest BCUT2D eigenvalue weighted by molar-refractivity contribution is 0.414. The van der Waals surface area contributed by atoms with Gasteiger partial charge in [-0.15, -0.1) is 15.3 Å². The third-order valence-electron chi connectivity index (χ3n) is 5.37. The number of unbranched alkanes of at least 4 members (excludes halogenated alkanes) is 1. The molecule has 5 rings (SSSR count). The van der Waals surface area contributed by atoms with Crippen LogP contribution in [0.25, 0.3) is 22.4 Å². The number of rotatable bonds is 8. The molecule has 0 unspecified atom stereocenters. The highest BCUT2D eigenvalue weighted by atomic mass is 32.2. The fourth-order valence-corrected chi connectivity index (χ4v) is 4.56. The fourth-order valence-electron chi connectivity index (χ4n) is 3.69. The van der Waals surface area contributed by atoms with E-state index in [2.05, 4.69) is 32.6 Å². The van der Waals surface area contributed by atoms with Gasteiger partial charge in [0.15, 0.2) is 11.0 Å². The minimum atomic E-state index is -0.168. The van der Waals surface area contributed by atoms with E-state index >= 15 is 0 Å².